The highest BCUT2D eigenvalue weighted by Crippen LogP contribution is 2.21. The van der Waals surface area contributed by atoms with Gasteiger partial charge in [0.1, 0.15) is 11.2 Å². The Morgan fingerprint density at radius 2 is 2.05 bits per heavy atom. The van der Waals surface area contributed by atoms with E-state index in [-0.39, 0.29) is 18.3 Å². The van der Waals surface area contributed by atoms with Crippen LogP contribution in [0, 0.1) is 0 Å². The predicted octanol–water partition coefficient (Wildman–Crippen LogP) is 0.680. The molecule has 21 heavy (non-hydrogen) atoms. The van der Waals surface area contributed by atoms with Gasteiger partial charge in [-0.05, 0) is 18.9 Å². The molecule has 1 amide bonds. The van der Waals surface area contributed by atoms with Gasteiger partial charge in [0.25, 0.3) is 0 Å². The van der Waals surface area contributed by atoms with Crippen LogP contribution in [0.1, 0.15) is 23.3 Å². The van der Waals surface area contributed by atoms with E-state index in [4.69, 9.17) is 10.5 Å². The monoisotopic (exact) mass is 317 g/mol. The second kappa shape index (κ2) is 6.93. The minimum atomic E-state index is -0.917. The number of rotatable bonds is 3. The van der Waals surface area contributed by atoms with Crippen LogP contribution in [0.4, 0.5) is 5.69 Å². The number of aryl methyl sites for hydroxylation is 1. The lowest BCUT2D eigenvalue weighted by molar-refractivity contribution is -0.124. The molecule has 0 radical (unpaired) electrons. The van der Waals surface area contributed by atoms with Crippen molar-refractivity contribution in [1.82, 2.24) is 4.57 Å². The molecule has 1 fully saturated rings. The SMILES string of the molecule is COC(=O)c1cc(NC(=O)C2(N)CCOCC2)cn1C.Cl. The number of nitrogens with one attached hydrogen (secondary N) is 1. The minimum absolute atomic E-state index is 0. The van der Waals surface area contributed by atoms with Gasteiger partial charge in [0, 0.05) is 26.5 Å². The molecule has 0 bridgehead atoms. The first-order valence-electron chi connectivity index (χ1n) is 6.39. The number of carbonyl (C=O) groups is 2. The summed E-state index contributed by atoms with van der Waals surface area (Å²) in [5.41, 5.74) is 6.06. The first kappa shape index (κ1) is 17.5. The first-order valence-corrected chi connectivity index (χ1v) is 6.39. The lowest BCUT2D eigenvalue weighted by Crippen LogP contribution is -2.54. The summed E-state index contributed by atoms with van der Waals surface area (Å²) < 4.78 is 11.5. The third-order valence-corrected chi connectivity index (χ3v) is 3.49. The van der Waals surface area contributed by atoms with E-state index in [0.29, 0.717) is 37.4 Å². The Hall–Kier alpha value is -1.57. The normalized spacial score (nSPS) is 16.7. The third-order valence-electron chi connectivity index (χ3n) is 3.49. The number of nitrogens with two attached hydrogens (primary N) is 1. The summed E-state index contributed by atoms with van der Waals surface area (Å²) in [5.74, 6) is -0.718. The summed E-state index contributed by atoms with van der Waals surface area (Å²) in [5, 5.41) is 2.74. The van der Waals surface area contributed by atoms with Crippen LogP contribution in [0.15, 0.2) is 12.3 Å². The number of hydrogen-bond acceptors (Lipinski definition) is 5. The van der Waals surface area contributed by atoms with Crippen molar-refractivity contribution in [3.63, 3.8) is 0 Å². The van der Waals surface area contributed by atoms with E-state index in [1.54, 1.807) is 23.9 Å². The van der Waals surface area contributed by atoms with E-state index in [0.717, 1.165) is 0 Å². The van der Waals surface area contributed by atoms with Crippen LogP contribution in [0.25, 0.3) is 0 Å². The number of esters is 1. The Labute approximate surface area is 129 Å². The predicted molar refractivity (Wildman–Crippen MR) is 79.6 cm³/mol. The fraction of sp³-hybridized carbons (Fsp3) is 0.538. The Morgan fingerprint density at radius 1 is 1.43 bits per heavy atom. The quantitative estimate of drug-likeness (QED) is 0.799. The summed E-state index contributed by atoms with van der Waals surface area (Å²) in [6.07, 6.45) is 2.61. The number of halogens is 1. The second-order valence-corrected chi connectivity index (χ2v) is 4.94. The molecule has 2 rings (SSSR count). The molecule has 0 saturated carbocycles. The molecule has 1 aliphatic rings. The molecule has 0 unspecified atom stereocenters. The number of hydrogen-bond donors (Lipinski definition) is 2. The van der Waals surface area contributed by atoms with Gasteiger partial charge in [-0.2, -0.15) is 0 Å². The summed E-state index contributed by atoms with van der Waals surface area (Å²) in [6, 6.07) is 1.56. The van der Waals surface area contributed by atoms with Gasteiger partial charge in [0.15, 0.2) is 0 Å². The lowest BCUT2D eigenvalue weighted by Gasteiger charge is -2.31. The van der Waals surface area contributed by atoms with Gasteiger partial charge < -0.3 is 25.1 Å². The molecule has 8 heteroatoms. The summed E-state index contributed by atoms with van der Waals surface area (Å²) >= 11 is 0. The van der Waals surface area contributed by atoms with Crippen LogP contribution in [-0.2, 0) is 21.3 Å². The van der Waals surface area contributed by atoms with Crippen LogP contribution < -0.4 is 11.1 Å². The van der Waals surface area contributed by atoms with Crippen molar-refractivity contribution in [1.29, 1.82) is 0 Å². The number of aromatic nitrogens is 1. The molecule has 2 heterocycles. The minimum Gasteiger partial charge on any atom is -0.464 e. The number of amides is 1. The summed E-state index contributed by atoms with van der Waals surface area (Å²) in [7, 11) is 3.01. The molecule has 1 aliphatic heterocycles. The maximum atomic E-state index is 12.2. The van der Waals surface area contributed by atoms with Crippen molar-refractivity contribution in [2.24, 2.45) is 12.8 Å². The number of ether oxygens (including phenoxy) is 2. The van der Waals surface area contributed by atoms with Crippen LogP contribution in [-0.4, -0.2) is 42.3 Å². The molecule has 3 N–H and O–H groups in total. The van der Waals surface area contributed by atoms with Crippen molar-refractivity contribution in [2.75, 3.05) is 25.6 Å². The molecule has 118 valence electrons. The zero-order valence-corrected chi connectivity index (χ0v) is 12.9. The van der Waals surface area contributed by atoms with E-state index < -0.39 is 11.5 Å². The highest BCUT2D eigenvalue weighted by Gasteiger charge is 2.36. The molecule has 1 saturated heterocycles. The van der Waals surface area contributed by atoms with Crippen molar-refractivity contribution in [3.8, 4) is 0 Å². The largest absolute Gasteiger partial charge is 0.464 e. The van der Waals surface area contributed by atoms with Gasteiger partial charge in [0.05, 0.1) is 12.8 Å². The van der Waals surface area contributed by atoms with Gasteiger partial charge in [-0.3, -0.25) is 4.79 Å². The smallest absolute Gasteiger partial charge is 0.354 e. The third kappa shape index (κ3) is 3.75. The zero-order chi connectivity index (χ0) is 14.8. The van der Waals surface area contributed by atoms with Crippen molar-refractivity contribution in [3.05, 3.63) is 18.0 Å². The molecule has 0 aromatic carbocycles. The van der Waals surface area contributed by atoms with E-state index in [2.05, 4.69) is 10.1 Å². The molecule has 0 aliphatic carbocycles. The summed E-state index contributed by atoms with van der Waals surface area (Å²) in [4.78, 5) is 23.7. The molecular formula is C13H20ClN3O4. The Bertz CT molecular complexity index is 523. The van der Waals surface area contributed by atoms with Crippen LogP contribution in [0.2, 0.25) is 0 Å². The standard InChI is InChI=1S/C13H19N3O4.ClH/c1-16-8-9(7-10(16)11(17)19-2)15-12(18)13(14)3-5-20-6-4-13;/h7-8H,3-6,14H2,1-2H3,(H,15,18);1H. The van der Waals surface area contributed by atoms with Gasteiger partial charge in [-0.1, -0.05) is 0 Å². The van der Waals surface area contributed by atoms with Gasteiger partial charge in [-0.15, -0.1) is 12.4 Å². The Kier molecular flexibility index (Phi) is 5.77. The zero-order valence-electron chi connectivity index (χ0n) is 12.0. The molecular weight excluding hydrogens is 298 g/mol. The number of nitrogens with zero attached hydrogens (tertiary/aromatic N) is 1. The van der Waals surface area contributed by atoms with E-state index >= 15 is 0 Å². The van der Waals surface area contributed by atoms with Crippen LogP contribution in [0.3, 0.4) is 0 Å². The fourth-order valence-electron chi connectivity index (χ4n) is 2.16. The Balaban J connectivity index is 0.00000220. The average Bonchev–Trinajstić information content (AvgIpc) is 2.79. The highest BCUT2D eigenvalue weighted by molar-refractivity contribution is 5.99. The maximum Gasteiger partial charge on any atom is 0.354 e. The van der Waals surface area contributed by atoms with E-state index in [1.807, 2.05) is 0 Å². The number of methoxy groups -OCH3 is 1. The van der Waals surface area contributed by atoms with Crippen molar-refractivity contribution < 1.29 is 19.1 Å². The number of anilines is 1. The molecule has 0 atom stereocenters. The summed E-state index contributed by atoms with van der Waals surface area (Å²) in [6.45, 7) is 0.957. The highest BCUT2D eigenvalue weighted by atomic mass is 35.5. The number of carbonyl (C=O) groups excluding carboxylic acids is 2. The van der Waals surface area contributed by atoms with Gasteiger partial charge in [-0.25, -0.2) is 4.79 Å². The average molecular weight is 318 g/mol. The van der Waals surface area contributed by atoms with Gasteiger partial charge in [0.2, 0.25) is 5.91 Å². The van der Waals surface area contributed by atoms with E-state index in [9.17, 15) is 9.59 Å². The molecule has 0 spiro atoms. The first-order chi connectivity index (χ1) is 9.46. The van der Waals surface area contributed by atoms with Crippen molar-refractivity contribution in [2.45, 2.75) is 18.4 Å². The molecule has 1 aromatic rings. The molecule has 7 nitrogen and oxygen atoms in total. The Morgan fingerprint density at radius 3 is 2.62 bits per heavy atom. The second-order valence-electron chi connectivity index (χ2n) is 4.94. The van der Waals surface area contributed by atoms with Crippen LogP contribution >= 0.6 is 12.4 Å². The van der Waals surface area contributed by atoms with Gasteiger partial charge >= 0.3 is 5.97 Å². The van der Waals surface area contributed by atoms with Crippen LogP contribution in [0.5, 0.6) is 0 Å². The van der Waals surface area contributed by atoms with Crippen molar-refractivity contribution >= 4 is 30.0 Å². The maximum absolute atomic E-state index is 12.2. The lowest BCUT2D eigenvalue weighted by atomic mass is 9.90. The topological polar surface area (TPSA) is 95.6 Å². The fourth-order valence-corrected chi connectivity index (χ4v) is 2.16. The van der Waals surface area contributed by atoms with E-state index in [1.165, 1.54) is 7.11 Å². The molecule has 1 aromatic heterocycles.